The summed E-state index contributed by atoms with van der Waals surface area (Å²) in [5, 5.41) is 18.9. The van der Waals surface area contributed by atoms with E-state index in [1.807, 2.05) is 24.3 Å². The number of aliphatic hydroxyl groups is 1. The molecular weight excluding hydrogens is 322 g/mol. The molecule has 1 atom stereocenters. The van der Waals surface area contributed by atoms with Crippen LogP contribution in [-0.4, -0.2) is 44.1 Å². The first kappa shape index (κ1) is 17.1. The van der Waals surface area contributed by atoms with Crippen molar-refractivity contribution in [1.82, 2.24) is 20.2 Å². The molecule has 0 radical (unpaired) electrons. The zero-order chi connectivity index (χ0) is 18.0. The normalized spacial score (nSPS) is 13.1. The number of para-hydroxylation sites is 2. The lowest BCUT2D eigenvalue weighted by Gasteiger charge is -2.24. The van der Waals surface area contributed by atoms with Crippen LogP contribution in [0.5, 0.6) is 0 Å². The number of carbonyl (C=O) groups is 1. The Morgan fingerprint density at radius 3 is 2.88 bits per heavy atom. The summed E-state index contributed by atoms with van der Waals surface area (Å²) < 4.78 is 5.15. The van der Waals surface area contributed by atoms with Crippen molar-refractivity contribution in [2.24, 2.45) is 5.41 Å². The van der Waals surface area contributed by atoms with E-state index < -0.39 is 11.7 Å². The SMILES string of the molecule is CC(O)OCC(C)(C)C(=O)Nc1cn[nH]c1-c1nc2ccccc2[nH]1. The van der Waals surface area contributed by atoms with Crippen molar-refractivity contribution in [3.63, 3.8) is 0 Å². The van der Waals surface area contributed by atoms with E-state index >= 15 is 0 Å². The summed E-state index contributed by atoms with van der Waals surface area (Å²) in [7, 11) is 0. The first-order valence-electron chi connectivity index (χ1n) is 7.96. The number of anilines is 1. The van der Waals surface area contributed by atoms with Gasteiger partial charge in [0.15, 0.2) is 12.1 Å². The molecule has 1 unspecified atom stereocenters. The van der Waals surface area contributed by atoms with Crippen LogP contribution in [0, 0.1) is 5.41 Å². The molecule has 0 bridgehead atoms. The number of carbonyl (C=O) groups excluding carboxylic acids is 1. The fourth-order valence-corrected chi connectivity index (χ4v) is 2.32. The summed E-state index contributed by atoms with van der Waals surface area (Å²) in [6.45, 7) is 5.08. The molecule has 1 aromatic carbocycles. The van der Waals surface area contributed by atoms with E-state index in [-0.39, 0.29) is 12.5 Å². The van der Waals surface area contributed by atoms with Gasteiger partial charge in [-0.3, -0.25) is 9.89 Å². The van der Waals surface area contributed by atoms with Crippen LogP contribution in [-0.2, 0) is 9.53 Å². The van der Waals surface area contributed by atoms with Gasteiger partial charge in [-0.2, -0.15) is 5.10 Å². The average molecular weight is 343 g/mol. The van der Waals surface area contributed by atoms with Crippen LogP contribution < -0.4 is 5.32 Å². The Kier molecular flexibility index (Phi) is 4.56. The number of aliphatic hydroxyl groups excluding tert-OH is 1. The van der Waals surface area contributed by atoms with Gasteiger partial charge in [0.2, 0.25) is 5.91 Å². The minimum Gasteiger partial charge on any atom is -0.368 e. The van der Waals surface area contributed by atoms with Gasteiger partial charge >= 0.3 is 0 Å². The number of aromatic nitrogens is 4. The number of fused-ring (bicyclic) bond motifs is 1. The van der Waals surface area contributed by atoms with Gasteiger partial charge in [0, 0.05) is 0 Å². The van der Waals surface area contributed by atoms with E-state index in [4.69, 9.17) is 4.74 Å². The molecule has 0 fully saturated rings. The molecule has 2 aromatic heterocycles. The summed E-state index contributed by atoms with van der Waals surface area (Å²) >= 11 is 0. The van der Waals surface area contributed by atoms with E-state index in [9.17, 15) is 9.90 Å². The number of hydrogen-bond acceptors (Lipinski definition) is 5. The second kappa shape index (κ2) is 6.66. The second-order valence-electron chi connectivity index (χ2n) is 6.51. The minimum absolute atomic E-state index is 0.0916. The molecule has 2 heterocycles. The first-order chi connectivity index (χ1) is 11.9. The summed E-state index contributed by atoms with van der Waals surface area (Å²) in [5.74, 6) is 0.346. The number of imidazole rings is 1. The summed E-state index contributed by atoms with van der Waals surface area (Å²) in [5.41, 5.74) is 2.02. The Morgan fingerprint density at radius 2 is 2.16 bits per heavy atom. The molecule has 8 nitrogen and oxygen atoms in total. The molecule has 0 aliphatic rings. The highest BCUT2D eigenvalue weighted by Gasteiger charge is 2.30. The van der Waals surface area contributed by atoms with Crippen molar-refractivity contribution in [3.8, 4) is 11.5 Å². The van der Waals surface area contributed by atoms with Gasteiger partial charge in [-0.1, -0.05) is 12.1 Å². The molecule has 0 saturated heterocycles. The standard InChI is InChI=1S/C17H21N5O3/c1-10(23)25-9-17(2,3)16(24)21-13-8-18-22-14(13)15-19-11-6-4-5-7-12(11)20-15/h4-8,10,23H,9H2,1-3H3,(H,18,22)(H,19,20)(H,21,24). The van der Waals surface area contributed by atoms with Crippen LogP contribution in [0.4, 0.5) is 5.69 Å². The third-order valence-electron chi connectivity index (χ3n) is 3.81. The van der Waals surface area contributed by atoms with E-state index in [1.54, 1.807) is 13.8 Å². The zero-order valence-electron chi connectivity index (χ0n) is 14.3. The molecular formula is C17H21N5O3. The predicted molar refractivity (Wildman–Crippen MR) is 93.7 cm³/mol. The van der Waals surface area contributed by atoms with Gasteiger partial charge in [0.1, 0.15) is 5.69 Å². The Morgan fingerprint density at radius 1 is 1.40 bits per heavy atom. The van der Waals surface area contributed by atoms with Crippen LogP contribution in [0.2, 0.25) is 0 Å². The molecule has 132 valence electrons. The van der Waals surface area contributed by atoms with Crippen molar-refractivity contribution in [2.75, 3.05) is 11.9 Å². The van der Waals surface area contributed by atoms with Gasteiger partial charge < -0.3 is 20.1 Å². The van der Waals surface area contributed by atoms with E-state index in [0.717, 1.165) is 11.0 Å². The van der Waals surface area contributed by atoms with Gasteiger partial charge in [-0.25, -0.2) is 4.98 Å². The highest BCUT2D eigenvalue weighted by molar-refractivity contribution is 5.97. The predicted octanol–water partition coefficient (Wildman–Crippen LogP) is 2.27. The Balaban J connectivity index is 1.81. The Hall–Kier alpha value is -2.71. The number of nitrogens with zero attached hydrogens (tertiary/aromatic N) is 2. The minimum atomic E-state index is -0.924. The van der Waals surface area contributed by atoms with Gasteiger partial charge in [-0.05, 0) is 32.9 Å². The maximum atomic E-state index is 12.6. The third kappa shape index (κ3) is 3.70. The number of hydrogen-bond donors (Lipinski definition) is 4. The summed E-state index contributed by atoms with van der Waals surface area (Å²) in [6, 6.07) is 7.66. The summed E-state index contributed by atoms with van der Waals surface area (Å²) in [6.07, 6.45) is 0.610. The second-order valence-corrected chi connectivity index (χ2v) is 6.51. The Labute approximate surface area is 144 Å². The number of rotatable bonds is 6. The molecule has 4 N–H and O–H groups in total. The number of aromatic amines is 2. The number of benzene rings is 1. The fourth-order valence-electron chi connectivity index (χ4n) is 2.32. The number of ether oxygens (including phenoxy) is 1. The van der Waals surface area contributed by atoms with Crippen molar-refractivity contribution in [1.29, 1.82) is 0 Å². The van der Waals surface area contributed by atoms with Gasteiger partial charge in [0.05, 0.1) is 34.9 Å². The molecule has 0 aliphatic carbocycles. The highest BCUT2D eigenvalue weighted by atomic mass is 16.6. The molecule has 0 spiro atoms. The van der Waals surface area contributed by atoms with Crippen LogP contribution in [0.1, 0.15) is 20.8 Å². The lowest BCUT2D eigenvalue weighted by atomic mass is 9.93. The smallest absolute Gasteiger partial charge is 0.232 e. The molecule has 0 aliphatic heterocycles. The van der Waals surface area contributed by atoms with E-state index in [2.05, 4.69) is 25.5 Å². The zero-order valence-corrected chi connectivity index (χ0v) is 14.3. The van der Waals surface area contributed by atoms with E-state index in [0.29, 0.717) is 17.2 Å². The molecule has 3 aromatic rings. The molecule has 0 saturated carbocycles. The van der Waals surface area contributed by atoms with Crippen molar-refractivity contribution in [2.45, 2.75) is 27.1 Å². The van der Waals surface area contributed by atoms with Gasteiger partial charge in [-0.15, -0.1) is 0 Å². The molecule has 8 heteroatoms. The molecule has 3 rings (SSSR count). The van der Waals surface area contributed by atoms with Crippen molar-refractivity contribution < 1.29 is 14.6 Å². The maximum Gasteiger partial charge on any atom is 0.232 e. The number of H-pyrrole nitrogens is 2. The summed E-state index contributed by atoms with van der Waals surface area (Å²) in [4.78, 5) is 20.3. The van der Waals surface area contributed by atoms with Crippen LogP contribution in [0.15, 0.2) is 30.5 Å². The van der Waals surface area contributed by atoms with Crippen LogP contribution >= 0.6 is 0 Å². The number of amides is 1. The Bertz CT molecular complexity index is 848. The highest BCUT2D eigenvalue weighted by Crippen LogP contribution is 2.27. The average Bonchev–Trinajstić information content (AvgIpc) is 3.18. The van der Waals surface area contributed by atoms with Crippen LogP contribution in [0.25, 0.3) is 22.6 Å². The molecule has 1 amide bonds. The maximum absolute atomic E-state index is 12.6. The third-order valence-corrected chi connectivity index (χ3v) is 3.81. The first-order valence-corrected chi connectivity index (χ1v) is 7.96. The monoisotopic (exact) mass is 343 g/mol. The topological polar surface area (TPSA) is 116 Å². The number of nitrogens with one attached hydrogen (secondary N) is 3. The lowest BCUT2D eigenvalue weighted by molar-refractivity contribution is -0.138. The lowest BCUT2D eigenvalue weighted by Crippen LogP contribution is -2.36. The molecule has 25 heavy (non-hydrogen) atoms. The van der Waals surface area contributed by atoms with Gasteiger partial charge in [0.25, 0.3) is 0 Å². The largest absolute Gasteiger partial charge is 0.368 e. The quantitative estimate of drug-likeness (QED) is 0.512. The van der Waals surface area contributed by atoms with Crippen LogP contribution in [0.3, 0.4) is 0 Å². The fraction of sp³-hybridized carbons (Fsp3) is 0.353. The van der Waals surface area contributed by atoms with E-state index in [1.165, 1.54) is 13.1 Å². The van der Waals surface area contributed by atoms with Crippen molar-refractivity contribution >= 4 is 22.6 Å². The van der Waals surface area contributed by atoms with Crippen molar-refractivity contribution in [3.05, 3.63) is 30.5 Å².